The summed E-state index contributed by atoms with van der Waals surface area (Å²) < 4.78 is 5.09. The second-order valence-corrected chi connectivity index (χ2v) is 3.75. The molecule has 1 aromatic rings. The van der Waals surface area contributed by atoms with Crippen molar-refractivity contribution < 1.29 is 14.6 Å². The lowest BCUT2D eigenvalue weighted by Gasteiger charge is -2.28. The van der Waals surface area contributed by atoms with E-state index in [-0.39, 0.29) is 18.6 Å². The number of rotatable bonds is 2. The SMILES string of the molecule is O=C(N[C@@H]1CCOC[C@H]1O)c1cccnc1. The van der Waals surface area contributed by atoms with Crippen LogP contribution in [0, 0.1) is 0 Å². The van der Waals surface area contributed by atoms with Gasteiger partial charge in [-0.15, -0.1) is 0 Å². The van der Waals surface area contributed by atoms with Crippen LogP contribution in [0.2, 0.25) is 0 Å². The van der Waals surface area contributed by atoms with E-state index in [4.69, 9.17) is 4.74 Å². The van der Waals surface area contributed by atoms with Gasteiger partial charge in [0.2, 0.25) is 0 Å². The highest BCUT2D eigenvalue weighted by Gasteiger charge is 2.25. The van der Waals surface area contributed by atoms with Crippen LogP contribution in [-0.4, -0.2) is 41.4 Å². The highest BCUT2D eigenvalue weighted by Crippen LogP contribution is 2.08. The summed E-state index contributed by atoms with van der Waals surface area (Å²) >= 11 is 0. The standard InChI is InChI=1S/C11H14N2O3/c14-10-7-16-5-3-9(10)13-11(15)8-2-1-4-12-6-8/h1-2,4,6,9-10,14H,3,5,7H2,(H,13,15)/t9-,10-/m1/s1. The molecule has 2 atom stereocenters. The van der Waals surface area contributed by atoms with E-state index in [2.05, 4.69) is 10.3 Å². The van der Waals surface area contributed by atoms with E-state index >= 15 is 0 Å². The van der Waals surface area contributed by atoms with E-state index in [1.807, 2.05) is 0 Å². The van der Waals surface area contributed by atoms with E-state index < -0.39 is 6.10 Å². The number of aliphatic hydroxyl groups excluding tert-OH is 1. The van der Waals surface area contributed by atoms with Crippen molar-refractivity contribution in [3.63, 3.8) is 0 Å². The van der Waals surface area contributed by atoms with E-state index in [0.717, 1.165) is 0 Å². The topological polar surface area (TPSA) is 71.5 Å². The maximum Gasteiger partial charge on any atom is 0.253 e. The Morgan fingerprint density at radius 1 is 1.62 bits per heavy atom. The van der Waals surface area contributed by atoms with E-state index in [1.54, 1.807) is 18.3 Å². The zero-order valence-corrected chi connectivity index (χ0v) is 8.80. The summed E-state index contributed by atoms with van der Waals surface area (Å²) in [5.74, 6) is -0.209. The number of pyridine rings is 1. The fourth-order valence-electron chi connectivity index (χ4n) is 1.64. The second kappa shape index (κ2) is 5.05. The number of aliphatic hydroxyl groups is 1. The first-order valence-electron chi connectivity index (χ1n) is 5.24. The van der Waals surface area contributed by atoms with Gasteiger partial charge in [-0.2, -0.15) is 0 Å². The van der Waals surface area contributed by atoms with Crippen molar-refractivity contribution in [2.75, 3.05) is 13.2 Å². The third kappa shape index (κ3) is 2.56. The van der Waals surface area contributed by atoms with Crippen LogP contribution in [0.1, 0.15) is 16.8 Å². The number of ether oxygens (including phenoxy) is 1. The van der Waals surface area contributed by atoms with Crippen molar-refractivity contribution in [1.82, 2.24) is 10.3 Å². The van der Waals surface area contributed by atoms with Gasteiger partial charge in [-0.1, -0.05) is 0 Å². The van der Waals surface area contributed by atoms with Crippen molar-refractivity contribution in [1.29, 1.82) is 0 Å². The lowest BCUT2D eigenvalue weighted by Crippen LogP contribution is -2.48. The lowest BCUT2D eigenvalue weighted by molar-refractivity contribution is -0.0260. The summed E-state index contributed by atoms with van der Waals surface area (Å²) in [6, 6.07) is 3.16. The van der Waals surface area contributed by atoms with Gasteiger partial charge < -0.3 is 15.2 Å². The van der Waals surface area contributed by atoms with Crippen LogP contribution in [0.5, 0.6) is 0 Å². The third-order valence-electron chi connectivity index (χ3n) is 2.57. The largest absolute Gasteiger partial charge is 0.389 e. The van der Waals surface area contributed by atoms with Gasteiger partial charge in [0.05, 0.1) is 24.3 Å². The summed E-state index contributed by atoms with van der Waals surface area (Å²) in [5.41, 5.74) is 0.501. The van der Waals surface area contributed by atoms with E-state index in [0.29, 0.717) is 18.6 Å². The van der Waals surface area contributed by atoms with E-state index in [1.165, 1.54) is 6.20 Å². The molecule has 0 saturated carbocycles. The first kappa shape index (κ1) is 11.0. The number of amides is 1. The average molecular weight is 222 g/mol. The van der Waals surface area contributed by atoms with Crippen LogP contribution < -0.4 is 5.32 Å². The van der Waals surface area contributed by atoms with Gasteiger partial charge in [0.1, 0.15) is 0 Å². The van der Waals surface area contributed by atoms with Gasteiger partial charge in [-0.3, -0.25) is 9.78 Å². The van der Waals surface area contributed by atoms with Crippen molar-refractivity contribution in [3.8, 4) is 0 Å². The van der Waals surface area contributed by atoms with Crippen molar-refractivity contribution >= 4 is 5.91 Å². The number of aromatic nitrogens is 1. The third-order valence-corrected chi connectivity index (χ3v) is 2.57. The summed E-state index contributed by atoms with van der Waals surface area (Å²) in [6.07, 6.45) is 3.11. The van der Waals surface area contributed by atoms with Gasteiger partial charge in [-0.25, -0.2) is 0 Å². The fourth-order valence-corrected chi connectivity index (χ4v) is 1.64. The summed E-state index contributed by atoms with van der Waals surface area (Å²) in [6.45, 7) is 0.840. The molecule has 2 rings (SSSR count). The molecular weight excluding hydrogens is 208 g/mol. The van der Waals surface area contributed by atoms with Crippen molar-refractivity contribution in [3.05, 3.63) is 30.1 Å². The molecule has 16 heavy (non-hydrogen) atoms. The predicted molar refractivity (Wildman–Crippen MR) is 56.9 cm³/mol. The molecule has 2 N–H and O–H groups in total. The highest BCUT2D eigenvalue weighted by molar-refractivity contribution is 5.94. The van der Waals surface area contributed by atoms with Gasteiger partial charge >= 0.3 is 0 Å². The second-order valence-electron chi connectivity index (χ2n) is 3.75. The van der Waals surface area contributed by atoms with Crippen molar-refractivity contribution in [2.45, 2.75) is 18.6 Å². The Bertz CT molecular complexity index is 356. The van der Waals surface area contributed by atoms with Crippen LogP contribution in [0.3, 0.4) is 0 Å². The first-order chi connectivity index (χ1) is 7.77. The molecule has 1 aromatic heterocycles. The summed E-state index contributed by atoms with van der Waals surface area (Å²) in [4.78, 5) is 15.6. The number of hydrogen-bond donors (Lipinski definition) is 2. The molecule has 0 aliphatic carbocycles. The van der Waals surface area contributed by atoms with Crippen LogP contribution in [0.25, 0.3) is 0 Å². The number of carbonyl (C=O) groups is 1. The molecule has 0 aromatic carbocycles. The smallest absolute Gasteiger partial charge is 0.253 e. The number of hydrogen-bond acceptors (Lipinski definition) is 4. The quantitative estimate of drug-likeness (QED) is 0.736. The molecule has 0 bridgehead atoms. The molecule has 5 nitrogen and oxygen atoms in total. The zero-order valence-electron chi connectivity index (χ0n) is 8.80. The Hall–Kier alpha value is -1.46. The first-order valence-corrected chi connectivity index (χ1v) is 5.24. The molecule has 1 fully saturated rings. The Balaban J connectivity index is 1.96. The van der Waals surface area contributed by atoms with Crippen molar-refractivity contribution in [2.24, 2.45) is 0 Å². The maximum absolute atomic E-state index is 11.8. The van der Waals surface area contributed by atoms with Gasteiger partial charge in [-0.05, 0) is 18.6 Å². The summed E-state index contributed by atoms with van der Waals surface area (Å²) in [5, 5.41) is 12.4. The molecule has 0 radical (unpaired) electrons. The molecule has 5 heteroatoms. The predicted octanol–water partition coefficient (Wildman–Crippen LogP) is -0.0388. The van der Waals surface area contributed by atoms with Crippen LogP contribution in [0.4, 0.5) is 0 Å². The molecule has 1 aliphatic heterocycles. The van der Waals surface area contributed by atoms with Gasteiger partial charge in [0.15, 0.2) is 0 Å². The Kier molecular flexibility index (Phi) is 3.48. The monoisotopic (exact) mass is 222 g/mol. The lowest BCUT2D eigenvalue weighted by atomic mass is 10.1. The Morgan fingerprint density at radius 3 is 3.19 bits per heavy atom. The molecule has 0 unspecified atom stereocenters. The molecule has 0 spiro atoms. The molecule has 86 valence electrons. The zero-order chi connectivity index (χ0) is 11.4. The number of nitrogens with zero attached hydrogens (tertiary/aromatic N) is 1. The molecule has 2 heterocycles. The van der Waals surface area contributed by atoms with Crippen LogP contribution in [0.15, 0.2) is 24.5 Å². The minimum Gasteiger partial charge on any atom is -0.389 e. The number of nitrogens with one attached hydrogen (secondary N) is 1. The maximum atomic E-state index is 11.8. The van der Waals surface area contributed by atoms with Crippen LogP contribution in [-0.2, 0) is 4.74 Å². The van der Waals surface area contributed by atoms with E-state index in [9.17, 15) is 9.90 Å². The molecular formula is C11H14N2O3. The molecule has 1 amide bonds. The minimum atomic E-state index is -0.630. The molecule has 1 aliphatic rings. The Labute approximate surface area is 93.5 Å². The van der Waals surface area contributed by atoms with Gasteiger partial charge in [0.25, 0.3) is 5.91 Å². The average Bonchev–Trinajstić information content (AvgIpc) is 2.33. The minimum absolute atomic E-state index is 0.209. The Morgan fingerprint density at radius 2 is 2.50 bits per heavy atom. The van der Waals surface area contributed by atoms with Gasteiger partial charge in [0, 0.05) is 19.0 Å². The normalized spacial score (nSPS) is 25.1. The van der Waals surface area contributed by atoms with Crippen LogP contribution >= 0.6 is 0 Å². The molecule has 1 saturated heterocycles. The number of carbonyl (C=O) groups excluding carboxylic acids is 1. The highest BCUT2D eigenvalue weighted by atomic mass is 16.5. The fraction of sp³-hybridized carbons (Fsp3) is 0.455. The summed E-state index contributed by atoms with van der Waals surface area (Å²) in [7, 11) is 0.